The number of fused-ring (bicyclic) bond motifs is 1. The second-order valence-corrected chi connectivity index (χ2v) is 5.75. The van der Waals surface area contributed by atoms with Crippen LogP contribution in [0.15, 0.2) is 11.4 Å². The molecular weight excluding hydrogens is 286 g/mol. The highest BCUT2D eigenvalue weighted by molar-refractivity contribution is 7.16. The van der Waals surface area contributed by atoms with Gasteiger partial charge in [-0.3, -0.25) is 14.5 Å². The van der Waals surface area contributed by atoms with Crippen LogP contribution in [0.5, 0.6) is 0 Å². The van der Waals surface area contributed by atoms with Crippen LogP contribution in [0.4, 0.5) is 0 Å². The smallest absolute Gasteiger partial charge is 0.232 e. The summed E-state index contributed by atoms with van der Waals surface area (Å²) in [7, 11) is 0. The average molecular weight is 296 g/mol. The molecule has 0 aliphatic carbocycles. The van der Waals surface area contributed by atoms with Crippen LogP contribution < -0.4 is 0 Å². The van der Waals surface area contributed by atoms with Crippen molar-refractivity contribution in [3.63, 3.8) is 0 Å². The number of carbonyl (C=O) groups excluding carboxylic acids is 2. The molecule has 1 unspecified atom stereocenters. The van der Waals surface area contributed by atoms with E-state index in [2.05, 4.69) is 9.97 Å². The van der Waals surface area contributed by atoms with Gasteiger partial charge < -0.3 is 0 Å². The van der Waals surface area contributed by atoms with Gasteiger partial charge in [-0.1, -0.05) is 18.5 Å². The Labute approximate surface area is 118 Å². The van der Waals surface area contributed by atoms with Crippen molar-refractivity contribution in [3.05, 3.63) is 22.4 Å². The molecule has 2 amide bonds. The SMILES string of the molecule is CC1CC(=O)N(Cc2nc(Cl)c3ccsc3n2)C1=O. The molecule has 0 saturated carbocycles. The number of halogens is 1. The Balaban J connectivity index is 1.93. The second kappa shape index (κ2) is 4.54. The van der Waals surface area contributed by atoms with Gasteiger partial charge in [0.15, 0.2) is 5.82 Å². The molecule has 0 aromatic carbocycles. The molecule has 1 saturated heterocycles. The van der Waals surface area contributed by atoms with E-state index >= 15 is 0 Å². The number of hydrogen-bond donors (Lipinski definition) is 0. The Kier molecular flexibility index (Phi) is 2.99. The van der Waals surface area contributed by atoms with Crippen molar-refractivity contribution >= 4 is 45.0 Å². The number of amides is 2. The number of imide groups is 1. The van der Waals surface area contributed by atoms with Crippen LogP contribution in [0.3, 0.4) is 0 Å². The lowest BCUT2D eigenvalue weighted by Gasteiger charge is -2.13. The Morgan fingerprint density at radius 1 is 1.47 bits per heavy atom. The number of likely N-dealkylation sites (tertiary alicyclic amines) is 1. The third kappa shape index (κ3) is 2.11. The minimum Gasteiger partial charge on any atom is -0.275 e. The van der Waals surface area contributed by atoms with E-state index < -0.39 is 0 Å². The number of nitrogens with zero attached hydrogens (tertiary/aromatic N) is 3. The zero-order valence-electron chi connectivity index (χ0n) is 10.1. The molecule has 1 aliphatic heterocycles. The quantitative estimate of drug-likeness (QED) is 0.629. The Bertz CT molecular complexity index is 685. The van der Waals surface area contributed by atoms with Crippen molar-refractivity contribution in [2.24, 2.45) is 5.92 Å². The first-order valence-corrected chi connectivity index (χ1v) is 7.06. The summed E-state index contributed by atoms with van der Waals surface area (Å²) in [4.78, 5) is 34.0. The maximum absolute atomic E-state index is 11.8. The monoisotopic (exact) mass is 295 g/mol. The van der Waals surface area contributed by atoms with Gasteiger partial charge in [-0.2, -0.15) is 0 Å². The molecule has 1 aliphatic rings. The van der Waals surface area contributed by atoms with Gasteiger partial charge in [0.05, 0.1) is 6.54 Å². The molecular formula is C12H10ClN3O2S. The summed E-state index contributed by atoms with van der Waals surface area (Å²) in [6, 6.07) is 1.85. The predicted molar refractivity (Wildman–Crippen MR) is 71.8 cm³/mol. The number of carbonyl (C=O) groups is 2. The van der Waals surface area contributed by atoms with E-state index in [1.807, 2.05) is 11.4 Å². The van der Waals surface area contributed by atoms with Crippen molar-refractivity contribution in [1.29, 1.82) is 0 Å². The third-order valence-electron chi connectivity index (χ3n) is 3.09. The van der Waals surface area contributed by atoms with E-state index in [9.17, 15) is 9.59 Å². The molecule has 3 rings (SSSR count). The van der Waals surface area contributed by atoms with E-state index in [0.29, 0.717) is 11.0 Å². The summed E-state index contributed by atoms with van der Waals surface area (Å²) >= 11 is 7.51. The van der Waals surface area contributed by atoms with Crippen molar-refractivity contribution < 1.29 is 9.59 Å². The van der Waals surface area contributed by atoms with Crippen molar-refractivity contribution in [2.75, 3.05) is 0 Å². The molecule has 0 N–H and O–H groups in total. The lowest BCUT2D eigenvalue weighted by atomic mass is 10.1. The number of aromatic nitrogens is 2. The summed E-state index contributed by atoms with van der Waals surface area (Å²) in [6.07, 6.45) is 0.258. The Morgan fingerprint density at radius 2 is 2.26 bits per heavy atom. The topological polar surface area (TPSA) is 63.2 Å². The summed E-state index contributed by atoms with van der Waals surface area (Å²) in [5, 5.41) is 3.03. The molecule has 0 radical (unpaired) electrons. The average Bonchev–Trinajstić information content (AvgIpc) is 2.91. The minimum absolute atomic E-state index is 0.0928. The first-order chi connectivity index (χ1) is 9.06. The molecule has 98 valence electrons. The van der Waals surface area contributed by atoms with Crippen LogP contribution in [0.2, 0.25) is 5.15 Å². The molecule has 3 heterocycles. The third-order valence-corrected chi connectivity index (χ3v) is 4.19. The van der Waals surface area contributed by atoms with Crippen molar-refractivity contribution in [3.8, 4) is 0 Å². The molecule has 1 fully saturated rings. The van der Waals surface area contributed by atoms with Crippen LogP contribution in [0.25, 0.3) is 10.2 Å². The highest BCUT2D eigenvalue weighted by atomic mass is 35.5. The van der Waals surface area contributed by atoms with Gasteiger partial charge in [-0.05, 0) is 11.4 Å². The standard InChI is InChI=1S/C12H10ClN3O2S/c1-6-4-9(17)16(12(6)18)5-8-14-10(13)7-2-3-19-11(7)15-8/h2-3,6H,4-5H2,1H3. The summed E-state index contributed by atoms with van der Waals surface area (Å²) in [5.41, 5.74) is 0. The van der Waals surface area contributed by atoms with E-state index in [1.165, 1.54) is 16.2 Å². The largest absolute Gasteiger partial charge is 0.275 e. The van der Waals surface area contributed by atoms with Gasteiger partial charge in [-0.25, -0.2) is 9.97 Å². The fourth-order valence-electron chi connectivity index (χ4n) is 2.09. The normalized spacial score (nSPS) is 19.7. The number of thiophene rings is 1. The zero-order valence-corrected chi connectivity index (χ0v) is 11.7. The highest BCUT2D eigenvalue weighted by Crippen LogP contribution is 2.26. The first kappa shape index (κ1) is 12.5. The van der Waals surface area contributed by atoms with E-state index in [4.69, 9.17) is 11.6 Å². The Hall–Kier alpha value is -1.53. The molecule has 5 nitrogen and oxygen atoms in total. The van der Waals surface area contributed by atoms with Crippen LogP contribution in [-0.4, -0.2) is 26.7 Å². The van der Waals surface area contributed by atoms with Gasteiger partial charge in [0.25, 0.3) is 0 Å². The molecule has 19 heavy (non-hydrogen) atoms. The second-order valence-electron chi connectivity index (χ2n) is 4.49. The van der Waals surface area contributed by atoms with E-state index in [1.54, 1.807) is 6.92 Å². The van der Waals surface area contributed by atoms with Crippen LogP contribution in [-0.2, 0) is 16.1 Å². The van der Waals surface area contributed by atoms with Gasteiger partial charge in [-0.15, -0.1) is 11.3 Å². The highest BCUT2D eigenvalue weighted by Gasteiger charge is 2.36. The zero-order chi connectivity index (χ0) is 13.6. The van der Waals surface area contributed by atoms with Crippen LogP contribution >= 0.6 is 22.9 Å². The van der Waals surface area contributed by atoms with Crippen molar-refractivity contribution in [2.45, 2.75) is 19.9 Å². The summed E-state index contributed by atoms with van der Waals surface area (Å²) in [5.74, 6) is -0.205. The first-order valence-electron chi connectivity index (χ1n) is 5.80. The maximum atomic E-state index is 11.8. The van der Waals surface area contributed by atoms with Gasteiger partial charge in [0.2, 0.25) is 11.8 Å². The summed E-state index contributed by atoms with van der Waals surface area (Å²) in [6.45, 7) is 1.84. The molecule has 1 atom stereocenters. The van der Waals surface area contributed by atoms with E-state index in [-0.39, 0.29) is 30.7 Å². The minimum atomic E-state index is -0.256. The fraction of sp³-hybridized carbons (Fsp3) is 0.333. The number of hydrogen-bond acceptors (Lipinski definition) is 5. The maximum Gasteiger partial charge on any atom is 0.232 e. The molecule has 7 heteroatoms. The molecule has 0 spiro atoms. The van der Waals surface area contributed by atoms with E-state index in [0.717, 1.165) is 10.2 Å². The molecule has 0 bridgehead atoms. The predicted octanol–water partition coefficient (Wildman–Crippen LogP) is 2.24. The van der Waals surface area contributed by atoms with Crippen LogP contribution in [0, 0.1) is 5.92 Å². The lowest BCUT2D eigenvalue weighted by molar-refractivity contribution is -0.140. The lowest BCUT2D eigenvalue weighted by Crippen LogP contribution is -2.30. The fourth-order valence-corrected chi connectivity index (χ4v) is 3.18. The number of rotatable bonds is 2. The van der Waals surface area contributed by atoms with Gasteiger partial charge in [0, 0.05) is 17.7 Å². The Morgan fingerprint density at radius 3 is 2.95 bits per heavy atom. The van der Waals surface area contributed by atoms with Crippen molar-refractivity contribution in [1.82, 2.24) is 14.9 Å². The molecule has 2 aromatic heterocycles. The van der Waals surface area contributed by atoms with Gasteiger partial charge >= 0.3 is 0 Å². The van der Waals surface area contributed by atoms with Crippen LogP contribution in [0.1, 0.15) is 19.2 Å². The van der Waals surface area contributed by atoms with Gasteiger partial charge in [0.1, 0.15) is 9.98 Å². The summed E-state index contributed by atoms with van der Waals surface area (Å²) < 4.78 is 0. The molecule has 2 aromatic rings.